The van der Waals surface area contributed by atoms with Crippen molar-refractivity contribution in [2.24, 2.45) is 0 Å². The van der Waals surface area contributed by atoms with Crippen molar-refractivity contribution in [1.29, 1.82) is 0 Å². The standard InChI is InChI=1S/C27H33N7O6S/c1-16(2)40-24(25-28-14-17(3)15-29-25)18(4)41(35,36)33-27-32-31-26(19-10-8-13-22(30-19)39-7)34(27)23-20(37-5)11-9-12-21(23)38-6/h8-16,18,24H,1-7H3,(H,32,33)/t18-,24-/m0/s1. The number of aryl methyl sites for hydroxylation is 1. The van der Waals surface area contributed by atoms with Gasteiger partial charge in [-0.15, -0.1) is 10.2 Å². The molecule has 41 heavy (non-hydrogen) atoms. The van der Waals surface area contributed by atoms with Crippen LogP contribution in [0.3, 0.4) is 0 Å². The fourth-order valence-electron chi connectivity index (χ4n) is 4.04. The van der Waals surface area contributed by atoms with E-state index < -0.39 is 21.4 Å². The Morgan fingerprint density at radius 2 is 1.51 bits per heavy atom. The molecule has 0 saturated heterocycles. The number of nitrogens with zero attached hydrogens (tertiary/aromatic N) is 6. The van der Waals surface area contributed by atoms with E-state index in [1.807, 2.05) is 20.8 Å². The Morgan fingerprint density at radius 3 is 2.10 bits per heavy atom. The molecule has 0 spiro atoms. The number of methoxy groups -OCH3 is 3. The molecule has 0 saturated carbocycles. The van der Waals surface area contributed by atoms with Crippen molar-refractivity contribution >= 4 is 16.0 Å². The number of sulfonamides is 1. The molecular formula is C27H33N7O6S. The normalized spacial score (nSPS) is 13.1. The molecule has 1 N–H and O–H groups in total. The molecule has 218 valence electrons. The van der Waals surface area contributed by atoms with Gasteiger partial charge in [-0.1, -0.05) is 12.1 Å². The molecule has 14 heteroatoms. The maximum atomic E-state index is 13.9. The molecule has 3 heterocycles. The van der Waals surface area contributed by atoms with Crippen LogP contribution < -0.4 is 18.9 Å². The number of para-hydroxylation sites is 1. The third kappa shape index (κ3) is 6.38. The fraction of sp³-hybridized carbons (Fsp3) is 0.370. The third-order valence-electron chi connectivity index (χ3n) is 6.07. The lowest BCUT2D eigenvalue weighted by Gasteiger charge is -2.25. The highest BCUT2D eigenvalue weighted by Gasteiger charge is 2.36. The Morgan fingerprint density at radius 1 is 0.878 bits per heavy atom. The van der Waals surface area contributed by atoms with Crippen molar-refractivity contribution in [2.45, 2.75) is 45.2 Å². The summed E-state index contributed by atoms with van der Waals surface area (Å²) in [5, 5.41) is 7.37. The van der Waals surface area contributed by atoms with Crippen LogP contribution in [0, 0.1) is 6.92 Å². The summed E-state index contributed by atoms with van der Waals surface area (Å²) in [7, 11) is 0.309. The Hall–Kier alpha value is -4.30. The molecule has 0 bridgehead atoms. The molecule has 0 unspecified atom stereocenters. The number of ether oxygens (including phenoxy) is 4. The minimum Gasteiger partial charge on any atom is -0.494 e. The quantitative estimate of drug-likeness (QED) is 0.259. The number of aromatic nitrogens is 6. The van der Waals surface area contributed by atoms with Crippen molar-refractivity contribution in [1.82, 2.24) is 29.7 Å². The second kappa shape index (κ2) is 12.5. The summed E-state index contributed by atoms with van der Waals surface area (Å²) in [6.07, 6.45) is 1.97. The number of benzene rings is 1. The molecular weight excluding hydrogens is 550 g/mol. The number of hydrogen-bond donors (Lipinski definition) is 1. The first-order valence-electron chi connectivity index (χ1n) is 12.7. The van der Waals surface area contributed by atoms with Gasteiger partial charge in [-0.3, -0.25) is 9.29 Å². The summed E-state index contributed by atoms with van der Waals surface area (Å²) in [5.41, 5.74) is 1.57. The summed E-state index contributed by atoms with van der Waals surface area (Å²) in [4.78, 5) is 13.1. The number of hydrogen-bond acceptors (Lipinski definition) is 11. The van der Waals surface area contributed by atoms with Gasteiger partial charge >= 0.3 is 0 Å². The van der Waals surface area contributed by atoms with Crippen molar-refractivity contribution in [3.05, 3.63) is 60.2 Å². The monoisotopic (exact) mass is 583 g/mol. The van der Waals surface area contributed by atoms with E-state index in [1.54, 1.807) is 48.8 Å². The van der Waals surface area contributed by atoms with Gasteiger partial charge in [-0.25, -0.2) is 23.4 Å². The molecule has 0 amide bonds. The largest absolute Gasteiger partial charge is 0.494 e. The Kier molecular flexibility index (Phi) is 9.03. The maximum Gasteiger partial charge on any atom is 0.243 e. The van der Waals surface area contributed by atoms with Crippen molar-refractivity contribution in [3.63, 3.8) is 0 Å². The molecule has 1 aromatic carbocycles. The predicted molar refractivity (Wildman–Crippen MR) is 152 cm³/mol. The zero-order valence-electron chi connectivity index (χ0n) is 23.9. The minimum absolute atomic E-state index is 0.118. The minimum atomic E-state index is -4.17. The lowest BCUT2D eigenvalue weighted by Crippen LogP contribution is -2.35. The summed E-state index contributed by atoms with van der Waals surface area (Å²) in [6, 6.07) is 10.3. The summed E-state index contributed by atoms with van der Waals surface area (Å²) in [5.74, 6) is 1.45. The van der Waals surface area contributed by atoms with Crippen LogP contribution in [-0.4, -0.2) is 70.8 Å². The van der Waals surface area contributed by atoms with E-state index in [1.165, 1.54) is 32.8 Å². The number of pyridine rings is 1. The predicted octanol–water partition coefficient (Wildman–Crippen LogP) is 3.75. The van der Waals surface area contributed by atoms with Gasteiger partial charge in [-0.2, -0.15) is 0 Å². The van der Waals surface area contributed by atoms with Gasteiger partial charge in [0.1, 0.15) is 34.2 Å². The van der Waals surface area contributed by atoms with E-state index >= 15 is 0 Å². The SMILES string of the molecule is COc1cccc(-c2nnc(NS(=O)(=O)[C@@H](C)[C@H](OC(C)C)c3ncc(C)cn3)n2-c2c(OC)cccc2OC)n1. The van der Waals surface area contributed by atoms with Crippen LogP contribution in [0.4, 0.5) is 5.95 Å². The molecule has 13 nitrogen and oxygen atoms in total. The average Bonchev–Trinajstić information content (AvgIpc) is 3.37. The van der Waals surface area contributed by atoms with E-state index in [0.29, 0.717) is 28.8 Å². The maximum absolute atomic E-state index is 13.9. The first kappa shape index (κ1) is 29.7. The van der Waals surface area contributed by atoms with Crippen molar-refractivity contribution in [3.8, 4) is 34.6 Å². The third-order valence-corrected chi connectivity index (χ3v) is 7.77. The highest BCUT2D eigenvalue weighted by atomic mass is 32.2. The lowest BCUT2D eigenvalue weighted by atomic mass is 10.2. The van der Waals surface area contributed by atoms with E-state index in [2.05, 4.69) is 29.9 Å². The van der Waals surface area contributed by atoms with Crippen LogP contribution in [0.1, 0.15) is 38.3 Å². The van der Waals surface area contributed by atoms with E-state index in [9.17, 15) is 8.42 Å². The number of rotatable bonds is 12. The molecule has 0 aliphatic carbocycles. The van der Waals surface area contributed by atoms with Crippen LogP contribution in [-0.2, 0) is 14.8 Å². The summed E-state index contributed by atoms with van der Waals surface area (Å²) in [6.45, 7) is 6.99. The molecule has 4 rings (SSSR count). The summed E-state index contributed by atoms with van der Waals surface area (Å²) < 4.78 is 54.3. The highest BCUT2D eigenvalue weighted by molar-refractivity contribution is 7.93. The van der Waals surface area contributed by atoms with E-state index in [4.69, 9.17) is 18.9 Å². The zero-order valence-corrected chi connectivity index (χ0v) is 24.7. The van der Waals surface area contributed by atoms with Crippen molar-refractivity contribution < 1.29 is 27.4 Å². The van der Waals surface area contributed by atoms with Gasteiger partial charge < -0.3 is 18.9 Å². The molecule has 3 aromatic heterocycles. The van der Waals surface area contributed by atoms with Crippen LogP contribution in [0.15, 0.2) is 48.8 Å². The number of anilines is 1. The van der Waals surface area contributed by atoms with Gasteiger partial charge in [-0.05, 0) is 51.5 Å². The molecule has 2 atom stereocenters. The smallest absolute Gasteiger partial charge is 0.243 e. The van der Waals surface area contributed by atoms with Gasteiger partial charge in [0.05, 0.1) is 27.4 Å². The molecule has 0 aliphatic heterocycles. The van der Waals surface area contributed by atoms with Crippen LogP contribution in [0.5, 0.6) is 17.4 Å². The second-order valence-electron chi connectivity index (χ2n) is 9.34. The van der Waals surface area contributed by atoms with Gasteiger partial charge in [0, 0.05) is 18.5 Å². The van der Waals surface area contributed by atoms with Crippen LogP contribution >= 0.6 is 0 Å². The molecule has 0 radical (unpaired) electrons. The Balaban J connectivity index is 1.86. The van der Waals surface area contributed by atoms with Crippen LogP contribution in [0.25, 0.3) is 17.2 Å². The van der Waals surface area contributed by atoms with E-state index in [-0.39, 0.29) is 23.7 Å². The van der Waals surface area contributed by atoms with E-state index in [0.717, 1.165) is 5.56 Å². The van der Waals surface area contributed by atoms with Gasteiger partial charge in [0.25, 0.3) is 0 Å². The lowest BCUT2D eigenvalue weighted by molar-refractivity contribution is 0.00152. The highest BCUT2D eigenvalue weighted by Crippen LogP contribution is 2.38. The first-order chi connectivity index (χ1) is 19.6. The Labute approximate surface area is 239 Å². The van der Waals surface area contributed by atoms with Crippen molar-refractivity contribution in [2.75, 3.05) is 26.1 Å². The molecule has 4 aromatic rings. The molecule has 0 fully saturated rings. The summed E-state index contributed by atoms with van der Waals surface area (Å²) >= 11 is 0. The fourth-order valence-corrected chi connectivity index (χ4v) is 5.12. The van der Waals surface area contributed by atoms with Crippen LogP contribution in [0.2, 0.25) is 0 Å². The number of nitrogens with one attached hydrogen (secondary N) is 1. The topological polar surface area (TPSA) is 152 Å². The van der Waals surface area contributed by atoms with Gasteiger partial charge in [0.2, 0.25) is 21.9 Å². The Bertz CT molecular complexity index is 1570. The van der Waals surface area contributed by atoms with Gasteiger partial charge in [0.15, 0.2) is 11.6 Å². The zero-order chi connectivity index (χ0) is 29.7. The average molecular weight is 584 g/mol. The molecule has 0 aliphatic rings. The second-order valence-corrected chi connectivity index (χ2v) is 11.4. The first-order valence-corrected chi connectivity index (χ1v) is 14.3.